The molecule has 3 aliphatic rings. The Labute approximate surface area is 185 Å². The predicted molar refractivity (Wildman–Crippen MR) is 122 cm³/mol. The molecule has 0 radical (unpaired) electrons. The molecule has 0 unspecified atom stereocenters. The summed E-state index contributed by atoms with van der Waals surface area (Å²) in [6, 6.07) is 4.97. The van der Waals surface area contributed by atoms with E-state index in [4.69, 9.17) is 4.52 Å². The van der Waals surface area contributed by atoms with Crippen molar-refractivity contribution in [3.05, 3.63) is 24.2 Å². The average Bonchev–Trinajstić information content (AvgIpc) is 3.29. The van der Waals surface area contributed by atoms with Crippen LogP contribution in [-0.4, -0.2) is 70.2 Å². The smallest absolute Gasteiger partial charge is 0.241 e. The van der Waals surface area contributed by atoms with Gasteiger partial charge in [-0.05, 0) is 43.7 Å². The predicted octanol–water partition coefficient (Wildman–Crippen LogP) is 3.82. The van der Waals surface area contributed by atoms with E-state index in [9.17, 15) is 0 Å². The van der Waals surface area contributed by atoms with Crippen LogP contribution in [0.5, 0.6) is 0 Å². The number of pyridine rings is 1. The van der Waals surface area contributed by atoms with Gasteiger partial charge in [0.25, 0.3) is 0 Å². The number of aromatic nitrogens is 3. The van der Waals surface area contributed by atoms with E-state index < -0.39 is 0 Å². The lowest BCUT2D eigenvalue weighted by Gasteiger charge is -2.40. The molecular formula is C24H36N6O. The molecule has 7 heteroatoms. The SMILES string of the molecule is C[C@@H]1CCCN(c2ccc(-c3noc(CN4CCN(C5CCCCC5)CC4)n3)cn2)C1. The summed E-state index contributed by atoms with van der Waals surface area (Å²) in [5, 5.41) is 4.22. The zero-order chi connectivity index (χ0) is 21.0. The first-order valence-electron chi connectivity index (χ1n) is 12.2. The Morgan fingerprint density at radius 3 is 2.55 bits per heavy atom. The van der Waals surface area contributed by atoms with Gasteiger partial charge in [0.1, 0.15) is 5.82 Å². The molecule has 168 valence electrons. The molecule has 1 saturated carbocycles. The fourth-order valence-electron chi connectivity index (χ4n) is 5.46. The van der Waals surface area contributed by atoms with E-state index >= 15 is 0 Å². The van der Waals surface area contributed by atoms with Gasteiger partial charge in [0, 0.05) is 57.1 Å². The van der Waals surface area contributed by atoms with Crippen LogP contribution >= 0.6 is 0 Å². The Morgan fingerprint density at radius 2 is 1.81 bits per heavy atom. The molecule has 31 heavy (non-hydrogen) atoms. The van der Waals surface area contributed by atoms with Crippen molar-refractivity contribution in [2.75, 3.05) is 44.2 Å². The number of piperidine rings is 1. The molecule has 2 aromatic heterocycles. The van der Waals surface area contributed by atoms with Crippen LogP contribution in [0.25, 0.3) is 11.4 Å². The molecule has 1 atom stereocenters. The quantitative estimate of drug-likeness (QED) is 0.723. The number of piperazine rings is 1. The first-order valence-corrected chi connectivity index (χ1v) is 12.2. The third kappa shape index (κ3) is 5.09. The summed E-state index contributed by atoms with van der Waals surface area (Å²) in [6.07, 6.45) is 11.4. The van der Waals surface area contributed by atoms with Gasteiger partial charge in [0.15, 0.2) is 0 Å². The van der Waals surface area contributed by atoms with Crippen molar-refractivity contribution in [3.8, 4) is 11.4 Å². The summed E-state index contributed by atoms with van der Waals surface area (Å²) in [5.74, 6) is 3.13. The maximum atomic E-state index is 5.57. The first-order chi connectivity index (χ1) is 15.2. The molecule has 0 spiro atoms. The fraction of sp³-hybridized carbons (Fsp3) is 0.708. The molecule has 2 aromatic rings. The number of hydrogen-bond acceptors (Lipinski definition) is 7. The number of nitrogens with zero attached hydrogens (tertiary/aromatic N) is 6. The highest BCUT2D eigenvalue weighted by Crippen LogP contribution is 2.25. The Kier molecular flexibility index (Phi) is 6.50. The van der Waals surface area contributed by atoms with Crippen LogP contribution in [-0.2, 0) is 6.54 Å². The lowest BCUT2D eigenvalue weighted by atomic mass is 9.94. The van der Waals surface area contributed by atoms with E-state index in [1.165, 1.54) is 44.9 Å². The van der Waals surface area contributed by atoms with Crippen molar-refractivity contribution in [1.82, 2.24) is 24.9 Å². The standard InChI is InChI=1S/C24H36N6O/c1-19-6-5-11-30(17-19)22-10-9-20(16-25-22)24-26-23(31-27-24)18-28-12-14-29(15-13-28)21-7-3-2-4-8-21/h9-10,16,19,21H,2-8,11-15,17-18H2,1H3/t19-/m1/s1. The maximum Gasteiger partial charge on any atom is 0.241 e. The monoisotopic (exact) mass is 424 g/mol. The summed E-state index contributed by atoms with van der Waals surface area (Å²) in [4.78, 5) is 16.9. The molecule has 7 nitrogen and oxygen atoms in total. The second-order valence-electron chi connectivity index (χ2n) is 9.71. The third-order valence-corrected chi connectivity index (χ3v) is 7.31. The highest BCUT2D eigenvalue weighted by Gasteiger charge is 2.26. The van der Waals surface area contributed by atoms with E-state index in [2.05, 4.69) is 48.9 Å². The number of rotatable bonds is 5. The number of hydrogen-bond donors (Lipinski definition) is 0. The summed E-state index contributed by atoms with van der Waals surface area (Å²) in [7, 11) is 0. The lowest BCUT2D eigenvalue weighted by Crippen LogP contribution is -2.50. The van der Waals surface area contributed by atoms with E-state index in [0.717, 1.165) is 69.2 Å². The summed E-state index contributed by atoms with van der Waals surface area (Å²) < 4.78 is 5.57. The molecule has 0 aromatic carbocycles. The molecule has 2 saturated heterocycles. The van der Waals surface area contributed by atoms with Gasteiger partial charge in [0.2, 0.25) is 11.7 Å². The van der Waals surface area contributed by atoms with Gasteiger partial charge in [-0.1, -0.05) is 31.3 Å². The highest BCUT2D eigenvalue weighted by atomic mass is 16.5. The Morgan fingerprint density at radius 1 is 0.968 bits per heavy atom. The summed E-state index contributed by atoms with van der Waals surface area (Å²) in [6.45, 7) is 9.72. The third-order valence-electron chi connectivity index (χ3n) is 7.31. The van der Waals surface area contributed by atoms with Gasteiger partial charge in [-0.15, -0.1) is 0 Å². The Hall–Kier alpha value is -1.99. The molecule has 3 fully saturated rings. The van der Waals surface area contributed by atoms with Crippen LogP contribution in [0.2, 0.25) is 0 Å². The highest BCUT2D eigenvalue weighted by molar-refractivity contribution is 5.55. The van der Waals surface area contributed by atoms with Crippen LogP contribution in [0.4, 0.5) is 5.82 Å². The second-order valence-corrected chi connectivity index (χ2v) is 9.71. The largest absolute Gasteiger partial charge is 0.356 e. The van der Waals surface area contributed by atoms with Crippen LogP contribution in [0.3, 0.4) is 0 Å². The van der Waals surface area contributed by atoms with E-state index in [0.29, 0.717) is 11.7 Å². The van der Waals surface area contributed by atoms with Crippen molar-refractivity contribution >= 4 is 5.82 Å². The normalized spacial score (nSPS) is 24.5. The van der Waals surface area contributed by atoms with Crippen molar-refractivity contribution in [3.63, 3.8) is 0 Å². The maximum absolute atomic E-state index is 5.57. The first kappa shape index (κ1) is 20.9. The minimum atomic E-state index is 0.641. The van der Waals surface area contributed by atoms with Gasteiger partial charge in [0.05, 0.1) is 6.54 Å². The summed E-state index contributed by atoms with van der Waals surface area (Å²) >= 11 is 0. The second kappa shape index (κ2) is 9.65. The van der Waals surface area contributed by atoms with Crippen LogP contribution in [0.15, 0.2) is 22.9 Å². The zero-order valence-corrected chi connectivity index (χ0v) is 18.9. The molecule has 0 amide bonds. The van der Waals surface area contributed by atoms with E-state index in [1.54, 1.807) is 0 Å². The van der Waals surface area contributed by atoms with Gasteiger partial charge in [-0.2, -0.15) is 4.98 Å². The molecule has 0 N–H and O–H groups in total. The Balaban J connectivity index is 1.14. The van der Waals surface area contributed by atoms with Crippen molar-refractivity contribution in [1.29, 1.82) is 0 Å². The van der Waals surface area contributed by atoms with E-state index in [1.807, 2.05) is 6.20 Å². The summed E-state index contributed by atoms with van der Waals surface area (Å²) in [5.41, 5.74) is 0.922. The van der Waals surface area contributed by atoms with Gasteiger partial charge in [-0.3, -0.25) is 9.80 Å². The molecular weight excluding hydrogens is 388 g/mol. The topological polar surface area (TPSA) is 61.5 Å². The van der Waals surface area contributed by atoms with Gasteiger partial charge in [-0.25, -0.2) is 4.98 Å². The molecule has 2 aliphatic heterocycles. The van der Waals surface area contributed by atoms with Crippen LogP contribution in [0.1, 0.15) is 57.8 Å². The fourth-order valence-corrected chi connectivity index (χ4v) is 5.46. The van der Waals surface area contributed by atoms with Crippen molar-refractivity contribution < 1.29 is 4.52 Å². The molecule has 1 aliphatic carbocycles. The lowest BCUT2D eigenvalue weighted by molar-refractivity contribution is 0.0702. The van der Waals surface area contributed by atoms with Crippen LogP contribution in [0, 0.1) is 5.92 Å². The zero-order valence-electron chi connectivity index (χ0n) is 18.9. The van der Waals surface area contributed by atoms with Gasteiger partial charge < -0.3 is 9.42 Å². The minimum Gasteiger partial charge on any atom is -0.356 e. The van der Waals surface area contributed by atoms with Crippen molar-refractivity contribution in [2.24, 2.45) is 5.92 Å². The molecule has 4 heterocycles. The van der Waals surface area contributed by atoms with E-state index in [-0.39, 0.29) is 0 Å². The van der Waals surface area contributed by atoms with Crippen molar-refractivity contribution in [2.45, 2.75) is 64.5 Å². The number of anilines is 1. The van der Waals surface area contributed by atoms with Gasteiger partial charge >= 0.3 is 0 Å². The average molecular weight is 425 g/mol. The minimum absolute atomic E-state index is 0.641. The molecule has 0 bridgehead atoms. The molecule has 5 rings (SSSR count). The Bertz CT molecular complexity index is 823. The van der Waals surface area contributed by atoms with Crippen LogP contribution < -0.4 is 4.90 Å².